The number of fused-ring (bicyclic) bond motifs is 1. The lowest BCUT2D eigenvalue weighted by Crippen LogP contribution is -2.05. The molecule has 0 amide bonds. The molecule has 1 aliphatic carbocycles. The van der Waals surface area contributed by atoms with Gasteiger partial charge in [0.05, 0.1) is 18.2 Å². The van der Waals surface area contributed by atoms with E-state index in [1.54, 1.807) is 36.5 Å². The molecule has 0 aliphatic heterocycles. The molecule has 5 nitrogen and oxygen atoms in total. The van der Waals surface area contributed by atoms with E-state index in [1.807, 2.05) is 13.0 Å². The lowest BCUT2D eigenvalue weighted by atomic mass is 10.0. The molecule has 0 radical (unpaired) electrons. The molecule has 154 valence electrons. The summed E-state index contributed by atoms with van der Waals surface area (Å²) in [6.45, 7) is 1.81. The molecule has 0 N–H and O–H groups in total. The molecule has 1 aromatic heterocycles. The van der Waals surface area contributed by atoms with Crippen molar-refractivity contribution in [2.24, 2.45) is 5.92 Å². The van der Waals surface area contributed by atoms with Gasteiger partial charge in [0.25, 0.3) is 0 Å². The third-order valence-corrected chi connectivity index (χ3v) is 5.65. The van der Waals surface area contributed by atoms with Crippen LogP contribution >= 0.6 is 11.6 Å². The van der Waals surface area contributed by atoms with E-state index >= 15 is 0 Å². The van der Waals surface area contributed by atoms with Gasteiger partial charge in [0, 0.05) is 35.4 Å². The second-order valence-electron chi connectivity index (χ2n) is 7.43. The summed E-state index contributed by atoms with van der Waals surface area (Å²) in [5.41, 5.74) is 1.96. The van der Waals surface area contributed by atoms with Crippen LogP contribution in [0.1, 0.15) is 42.1 Å². The first-order valence-electron chi connectivity index (χ1n) is 9.99. The Labute approximate surface area is 180 Å². The van der Waals surface area contributed by atoms with Crippen molar-refractivity contribution in [1.82, 2.24) is 4.98 Å². The number of ketones is 2. The molecule has 1 fully saturated rings. The average Bonchev–Trinajstić information content (AvgIpc) is 3.60. The molecule has 1 aliphatic rings. The van der Waals surface area contributed by atoms with Crippen LogP contribution < -0.4 is 9.47 Å². The third-order valence-electron chi connectivity index (χ3n) is 5.29. The Morgan fingerprint density at radius 3 is 2.60 bits per heavy atom. The monoisotopic (exact) mass is 423 g/mol. The van der Waals surface area contributed by atoms with Crippen LogP contribution in [0.5, 0.6) is 17.2 Å². The number of carbonyl (C=O) groups is 2. The fraction of sp³-hybridized carbons (Fsp3) is 0.292. The van der Waals surface area contributed by atoms with Crippen molar-refractivity contribution in [2.45, 2.75) is 32.6 Å². The van der Waals surface area contributed by atoms with Crippen LogP contribution in [0.3, 0.4) is 0 Å². The van der Waals surface area contributed by atoms with E-state index in [0.717, 1.165) is 23.8 Å². The van der Waals surface area contributed by atoms with Crippen LogP contribution in [-0.4, -0.2) is 23.7 Å². The van der Waals surface area contributed by atoms with Crippen LogP contribution in [0.15, 0.2) is 42.6 Å². The summed E-state index contributed by atoms with van der Waals surface area (Å²) in [6.07, 6.45) is 4.35. The highest BCUT2D eigenvalue weighted by molar-refractivity contribution is 6.31. The molecular formula is C24H22ClNO4. The minimum atomic E-state index is -0.00927. The zero-order valence-corrected chi connectivity index (χ0v) is 17.7. The molecule has 4 rings (SSSR count). The summed E-state index contributed by atoms with van der Waals surface area (Å²) in [7, 11) is 1.53. The van der Waals surface area contributed by atoms with Gasteiger partial charge in [-0.25, -0.2) is 0 Å². The Kier molecular flexibility index (Phi) is 5.73. The van der Waals surface area contributed by atoms with Gasteiger partial charge in [0.15, 0.2) is 5.78 Å². The van der Waals surface area contributed by atoms with Crippen LogP contribution in [0, 0.1) is 5.92 Å². The highest BCUT2D eigenvalue weighted by Crippen LogP contribution is 2.36. The number of benzene rings is 2. The number of halogens is 1. The van der Waals surface area contributed by atoms with Gasteiger partial charge in [-0.1, -0.05) is 24.6 Å². The number of carbonyl (C=O) groups excluding carboxylic acids is 2. The smallest absolute Gasteiger partial charge is 0.166 e. The standard InChI is InChI=1S/C24H22ClNO4/c1-3-21(27)18-12-20-17(13-24(18)29-2)23(8-9-26-20)30-16-7-6-15(19(25)11-16)10-22(28)14-4-5-14/h6-9,11-14H,3-5,10H2,1-2H3. The van der Waals surface area contributed by atoms with Gasteiger partial charge in [-0.3, -0.25) is 14.6 Å². The topological polar surface area (TPSA) is 65.5 Å². The highest BCUT2D eigenvalue weighted by Gasteiger charge is 2.29. The summed E-state index contributed by atoms with van der Waals surface area (Å²) in [5, 5.41) is 1.24. The minimum absolute atomic E-state index is 0.00927. The van der Waals surface area contributed by atoms with Crippen molar-refractivity contribution < 1.29 is 19.1 Å². The molecule has 30 heavy (non-hydrogen) atoms. The molecule has 1 saturated carbocycles. The Morgan fingerprint density at radius 2 is 1.93 bits per heavy atom. The number of rotatable bonds is 8. The molecule has 2 aromatic carbocycles. The Bertz CT molecular complexity index is 1140. The summed E-state index contributed by atoms with van der Waals surface area (Å²) in [4.78, 5) is 28.7. The molecule has 1 heterocycles. The zero-order chi connectivity index (χ0) is 21.3. The number of methoxy groups -OCH3 is 1. The predicted octanol–water partition coefficient (Wildman–Crippen LogP) is 5.80. The SMILES string of the molecule is CCC(=O)c1cc2nccc(Oc3ccc(CC(=O)C4CC4)c(Cl)c3)c2cc1OC. The van der Waals surface area contributed by atoms with E-state index in [4.69, 9.17) is 21.1 Å². The second-order valence-corrected chi connectivity index (χ2v) is 7.84. The summed E-state index contributed by atoms with van der Waals surface area (Å²) < 4.78 is 11.5. The van der Waals surface area contributed by atoms with Gasteiger partial charge >= 0.3 is 0 Å². The van der Waals surface area contributed by atoms with Gasteiger partial charge in [0.1, 0.15) is 23.0 Å². The van der Waals surface area contributed by atoms with Crippen molar-refractivity contribution in [3.63, 3.8) is 0 Å². The van der Waals surface area contributed by atoms with E-state index < -0.39 is 0 Å². The lowest BCUT2D eigenvalue weighted by molar-refractivity contribution is -0.119. The van der Waals surface area contributed by atoms with Crippen molar-refractivity contribution >= 4 is 34.1 Å². The number of aromatic nitrogens is 1. The Morgan fingerprint density at radius 1 is 1.13 bits per heavy atom. The molecule has 0 bridgehead atoms. The number of nitrogens with zero attached hydrogens (tertiary/aromatic N) is 1. The van der Waals surface area contributed by atoms with E-state index in [2.05, 4.69) is 4.98 Å². The fourth-order valence-corrected chi connectivity index (χ4v) is 3.65. The maximum atomic E-state index is 12.2. The first kappa shape index (κ1) is 20.4. The van der Waals surface area contributed by atoms with E-state index in [1.165, 1.54) is 7.11 Å². The van der Waals surface area contributed by atoms with Gasteiger partial charge < -0.3 is 9.47 Å². The normalized spacial score (nSPS) is 13.3. The van der Waals surface area contributed by atoms with Gasteiger partial charge in [-0.15, -0.1) is 0 Å². The minimum Gasteiger partial charge on any atom is -0.496 e. The number of ether oxygens (including phenoxy) is 2. The maximum Gasteiger partial charge on any atom is 0.166 e. The number of pyridine rings is 1. The summed E-state index contributed by atoms with van der Waals surface area (Å²) in [6, 6.07) is 10.6. The quantitative estimate of drug-likeness (QED) is 0.428. The molecule has 3 aromatic rings. The predicted molar refractivity (Wildman–Crippen MR) is 116 cm³/mol. The van der Waals surface area contributed by atoms with Crippen LogP contribution in [-0.2, 0) is 11.2 Å². The van der Waals surface area contributed by atoms with Gasteiger partial charge in [-0.05, 0) is 48.7 Å². The maximum absolute atomic E-state index is 12.2. The zero-order valence-electron chi connectivity index (χ0n) is 16.9. The first-order chi connectivity index (χ1) is 14.5. The van der Waals surface area contributed by atoms with Crippen molar-refractivity contribution in [2.75, 3.05) is 7.11 Å². The van der Waals surface area contributed by atoms with Crippen molar-refractivity contribution in [3.8, 4) is 17.2 Å². The molecule has 0 spiro atoms. The molecule has 0 unspecified atom stereocenters. The Balaban J connectivity index is 1.64. The second kappa shape index (κ2) is 8.44. The first-order valence-corrected chi connectivity index (χ1v) is 10.4. The van der Waals surface area contributed by atoms with Crippen molar-refractivity contribution in [3.05, 3.63) is 58.7 Å². The third kappa shape index (κ3) is 4.17. The molecule has 0 saturated heterocycles. The number of hydrogen-bond acceptors (Lipinski definition) is 5. The number of Topliss-reactive ketones (excluding diaryl/α,β-unsaturated/α-hetero) is 2. The lowest BCUT2D eigenvalue weighted by Gasteiger charge is -2.13. The fourth-order valence-electron chi connectivity index (χ4n) is 3.41. The molecular weight excluding hydrogens is 402 g/mol. The largest absolute Gasteiger partial charge is 0.496 e. The van der Waals surface area contributed by atoms with Gasteiger partial charge in [0.2, 0.25) is 0 Å². The van der Waals surface area contributed by atoms with Crippen LogP contribution in [0.25, 0.3) is 10.9 Å². The van der Waals surface area contributed by atoms with E-state index in [-0.39, 0.29) is 17.5 Å². The summed E-state index contributed by atoms with van der Waals surface area (Å²) in [5.74, 6) is 2.06. The molecule has 0 atom stereocenters. The van der Waals surface area contributed by atoms with Gasteiger partial charge in [-0.2, -0.15) is 0 Å². The highest BCUT2D eigenvalue weighted by atomic mass is 35.5. The summed E-state index contributed by atoms with van der Waals surface area (Å²) >= 11 is 6.40. The van der Waals surface area contributed by atoms with Crippen LogP contribution in [0.2, 0.25) is 5.02 Å². The average molecular weight is 424 g/mol. The van der Waals surface area contributed by atoms with Crippen molar-refractivity contribution in [1.29, 1.82) is 0 Å². The number of hydrogen-bond donors (Lipinski definition) is 0. The van der Waals surface area contributed by atoms with E-state index in [0.29, 0.717) is 46.2 Å². The van der Waals surface area contributed by atoms with E-state index in [9.17, 15) is 9.59 Å². The Hall–Kier alpha value is -2.92. The van der Waals surface area contributed by atoms with Crippen LogP contribution in [0.4, 0.5) is 0 Å². The molecule has 6 heteroatoms.